The fraction of sp³-hybridized carbons (Fsp3) is 0.448. The van der Waals surface area contributed by atoms with Crippen molar-refractivity contribution in [2.75, 3.05) is 35.8 Å². The summed E-state index contributed by atoms with van der Waals surface area (Å²) in [4.78, 5) is 0. The summed E-state index contributed by atoms with van der Waals surface area (Å²) in [6.45, 7) is 5.49. The molecule has 0 aliphatic carbocycles. The molecule has 0 bridgehead atoms. The highest BCUT2D eigenvalue weighted by Gasteiger charge is 2.30. The number of anilines is 2. The van der Waals surface area contributed by atoms with Gasteiger partial charge in [0.15, 0.2) is 0 Å². The molecule has 2 aromatic carbocycles. The molecule has 4 rings (SSSR count). The summed E-state index contributed by atoms with van der Waals surface area (Å²) in [5.74, 6) is 7.88. The third kappa shape index (κ3) is 6.84. The van der Waals surface area contributed by atoms with Gasteiger partial charge in [0.05, 0.1) is 30.6 Å². The Bertz CT molecular complexity index is 1370. The van der Waals surface area contributed by atoms with Gasteiger partial charge in [-0.25, -0.2) is 0 Å². The summed E-state index contributed by atoms with van der Waals surface area (Å²) in [6, 6.07) is 13.1. The molecule has 2 N–H and O–H groups in total. The lowest BCUT2D eigenvalue weighted by molar-refractivity contribution is -0.140. The number of ether oxygens (including phenoxy) is 1. The SMILES string of the molecule is COc1cc(C(C)(C)C)ccc1NCC#Cc1cc2c(NC3CCS(=O)CC3)cccc2n1CC(F)(F)F. The molecule has 0 amide bonds. The Morgan fingerprint density at radius 2 is 1.82 bits per heavy atom. The number of hydrogen-bond acceptors (Lipinski definition) is 4. The lowest BCUT2D eigenvalue weighted by atomic mass is 9.87. The van der Waals surface area contributed by atoms with Crippen LogP contribution in [0.25, 0.3) is 10.9 Å². The van der Waals surface area contributed by atoms with Crippen molar-refractivity contribution < 1.29 is 22.1 Å². The molecule has 38 heavy (non-hydrogen) atoms. The van der Waals surface area contributed by atoms with Gasteiger partial charge in [-0.05, 0) is 60.1 Å². The summed E-state index contributed by atoms with van der Waals surface area (Å²) < 4.78 is 59.0. The molecule has 0 spiro atoms. The van der Waals surface area contributed by atoms with Crippen LogP contribution in [-0.2, 0) is 22.8 Å². The summed E-state index contributed by atoms with van der Waals surface area (Å²) >= 11 is 0. The molecule has 1 aliphatic rings. The predicted octanol–water partition coefficient (Wildman–Crippen LogP) is 6.30. The van der Waals surface area contributed by atoms with E-state index in [0.29, 0.717) is 33.9 Å². The Morgan fingerprint density at radius 3 is 2.47 bits per heavy atom. The molecule has 9 heteroatoms. The number of alkyl halides is 3. The lowest BCUT2D eigenvalue weighted by Crippen LogP contribution is -2.29. The van der Waals surface area contributed by atoms with Crippen LogP contribution in [0.1, 0.15) is 44.9 Å². The monoisotopic (exact) mass is 545 g/mol. The Kier molecular flexibility index (Phi) is 8.31. The highest BCUT2D eigenvalue weighted by molar-refractivity contribution is 7.85. The van der Waals surface area contributed by atoms with Crippen molar-refractivity contribution in [1.29, 1.82) is 0 Å². The predicted molar refractivity (Wildman–Crippen MR) is 150 cm³/mol. The summed E-state index contributed by atoms with van der Waals surface area (Å²) in [7, 11) is 0.819. The van der Waals surface area contributed by atoms with Crippen LogP contribution >= 0.6 is 0 Å². The second-order valence-electron chi connectivity index (χ2n) is 10.6. The molecule has 1 saturated heterocycles. The molecule has 5 nitrogen and oxygen atoms in total. The van der Waals surface area contributed by atoms with Crippen LogP contribution in [0.5, 0.6) is 5.75 Å². The molecule has 0 unspecified atom stereocenters. The maximum absolute atomic E-state index is 13.5. The van der Waals surface area contributed by atoms with Crippen molar-refractivity contribution in [1.82, 2.24) is 4.57 Å². The topological polar surface area (TPSA) is 55.3 Å². The first-order chi connectivity index (χ1) is 17.9. The van der Waals surface area contributed by atoms with Crippen LogP contribution in [0.3, 0.4) is 0 Å². The van der Waals surface area contributed by atoms with Crippen molar-refractivity contribution in [3.05, 3.63) is 53.7 Å². The normalized spacial score (nSPS) is 18.1. The van der Waals surface area contributed by atoms with E-state index in [9.17, 15) is 17.4 Å². The number of rotatable bonds is 6. The van der Waals surface area contributed by atoms with Gasteiger partial charge >= 0.3 is 6.18 Å². The molecular formula is C29H34F3N3O2S. The molecule has 0 radical (unpaired) electrons. The molecule has 1 aliphatic heterocycles. The van der Waals surface area contributed by atoms with Gasteiger partial charge in [0, 0.05) is 39.4 Å². The fourth-order valence-corrected chi connectivity index (χ4v) is 5.90. The second kappa shape index (κ2) is 11.3. The van der Waals surface area contributed by atoms with Crippen molar-refractivity contribution in [2.45, 2.75) is 57.8 Å². The zero-order valence-corrected chi connectivity index (χ0v) is 23.0. The minimum atomic E-state index is -4.39. The van der Waals surface area contributed by atoms with E-state index in [1.165, 1.54) is 4.57 Å². The van der Waals surface area contributed by atoms with Gasteiger partial charge in [-0.15, -0.1) is 0 Å². The van der Waals surface area contributed by atoms with Crippen molar-refractivity contribution in [2.24, 2.45) is 0 Å². The van der Waals surface area contributed by atoms with Gasteiger partial charge in [0.25, 0.3) is 0 Å². The van der Waals surface area contributed by atoms with Crippen molar-refractivity contribution in [3.8, 4) is 17.6 Å². The van der Waals surface area contributed by atoms with Crippen LogP contribution in [0, 0.1) is 11.8 Å². The van der Waals surface area contributed by atoms with E-state index in [1.54, 1.807) is 25.3 Å². The zero-order chi connectivity index (χ0) is 27.5. The number of aromatic nitrogens is 1. The Hall–Kier alpha value is -3.12. The highest BCUT2D eigenvalue weighted by atomic mass is 32.2. The van der Waals surface area contributed by atoms with Crippen LogP contribution in [0.4, 0.5) is 24.5 Å². The number of benzene rings is 2. The maximum Gasteiger partial charge on any atom is 0.406 e. The Labute approximate surface area is 224 Å². The van der Waals surface area contributed by atoms with Crippen molar-refractivity contribution >= 4 is 33.1 Å². The maximum atomic E-state index is 13.5. The van der Waals surface area contributed by atoms with Crippen LogP contribution < -0.4 is 15.4 Å². The average molecular weight is 546 g/mol. The summed E-state index contributed by atoms with van der Waals surface area (Å²) in [6.07, 6.45) is -2.85. The van der Waals surface area contributed by atoms with E-state index in [2.05, 4.69) is 43.2 Å². The van der Waals surface area contributed by atoms with Gasteiger partial charge in [-0.3, -0.25) is 4.21 Å². The highest BCUT2D eigenvalue weighted by Crippen LogP contribution is 2.33. The van der Waals surface area contributed by atoms with E-state index in [0.717, 1.165) is 29.8 Å². The fourth-order valence-electron chi connectivity index (χ4n) is 4.60. The average Bonchev–Trinajstić information content (AvgIpc) is 3.19. The minimum absolute atomic E-state index is 0.0268. The Morgan fingerprint density at radius 1 is 1.08 bits per heavy atom. The first kappa shape index (κ1) is 27.9. The number of nitrogens with zero attached hydrogens (tertiary/aromatic N) is 1. The quantitative estimate of drug-likeness (QED) is 0.357. The minimum Gasteiger partial charge on any atom is -0.495 e. The summed E-state index contributed by atoms with van der Waals surface area (Å²) in [5, 5.41) is 7.37. The second-order valence-corrected chi connectivity index (χ2v) is 12.3. The van der Waals surface area contributed by atoms with Gasteiger partial charge in [0.1, 0.15) is 12.3 Å². The molecule has 204 valence electrons. The molecular weight excluding hydrogens is 511 g/mol. The van der Waals surface area contributed by atoms with E-state index in [-0.39, 0.29) is 18.0 Å². The number of halogens is 3. The van der Waals surface area contributed by atoms with E-state index in [1.807, 2.05) is 24.3 Å². The van der Waals surface area contributed by atoms with Gasteiger partial charge < -0.3 is 19.9 Å². The van der Waals surface area contributed by atoms with Gasteiger partial charge in [-0.2, -0.15) is 13.2 Å². The van der Waals surface area contributed by atoms with Crippen molar-refractivity contribution in [3.63, 3.8) is 0 Å². The van der Waals surface area contributed by atoms with Gasteiger partial charge in [0.2, 0.25) is 0 Å². The van der Waals surface area contributed by atoms with E-state index in [4.69, 9.17) is 4.74 Å². The number of nitrogens with one attached hydrogen (secondary N) is 2. The number of fused-ring (bicyclic) bond motifs is 1. The number of hydrogen-bond donors (Lipinski definition) is 2. The smallest absolute Gasteiger partial charge is 0.406 e. The van der Waals surface area contributed by atoms with Gasteiger partial charge in [-0.1, -0.05) is 38.8 Å². The van der Waals surface area contributed by atoms with Crippen LogP contribution in [0.2, 0.25) is 0 Å². The first-order valence-electron chi connectivity index (χ1n) is 12.7. The first-order valence-corrected chi connectivity index (χ1v) is 14.2. The molecule has 0 atom stereocenters. The largest absolute Gasteiger partial charge is 0.495 e. The molecule has 2 heterocycles. The third-order valence-corrected chi connectivity index (χ3v) is 8.06. The third-order valence-electron chi connectivity index (χ3n) is 6.68. The van der Waals surface area contributed by atoms with E-state index < -0.39 is 23.5 Å². The lowest BCUT2D eigenvalue weighted by Gasteiger charge is -2.24. The zero-order valence-electron chi connectivity index (χ0n) is 22.2. The number of methoxy groups -OCH3 is 1. The molecule has 1 fully saturated rings. The van der Waals surface area contributed by atoms with E-state index >= 15 is 0 Å². The molecule has 3 aromatic rings. The summed E-state index contributed by atoms with van der Waals surface area (Å²) in [5.41, 5.74) is 3.42. The molecule has 0 saturated carbocycles. The van der Waals surface area contributed by atoms with Crippen LogP contribution in [0.15, 0.2) is 42.5 Å². The standard InChI is InChI=1S/C29H34F3N3O2S/c1-28(2,3)20-10-11-25(27(17-20)37-4)33-14-6-7-22-18-23-24(34-21-12-15-38(36)16-13-21)8-5-9-26(23)35(22)19-29(30,31)32/h5,8-11,17-18,21,33-34H,12-16,19H2,1-4H3. The Balaban J connectivity index is 1.59. The van der Waals surface area contributed by atoms with Crippen LogP contribution in [-0.4, -0.2) is 46.2 Å². The molecule has 1 aromatic heterocycles.